The Morgan fingerprint density at radius 3 is 2.38 bits per heavy atom. The van der Waals surface area contributed by atoms with Gasteiger partial charge in [0.2, 0.25) is 0 Å². The third kappa shape index (κ3) is 4.01. The normalized spacial score (nSPS) is 11.7. The summed E-state index contributed by atoms with van der Waals surface area (Å²) in [6.07, 6.45) is 2.55. The molecule has 0 aliphatic heterocycles. The predicted molar refractivity (Wildman–Crippen MR) is 99.5 cm³/mol. The van der Waals surface area contributed by atoms with Crippen molar-refractivity contribution in [2.75, 3.05) is 0 Å². The summed E-state index contributed by atoms with van der Waals surface area (Å²) in [6.45, 7) is 6.84. The molecular formula is C20H21FLiN3O4. The summed E-state index contributed by atoms with van der Waals surface area (Å²) in [5, 5.41) is 21.5. The molecule has 0 radical (unpaired) electrons. The number of pyridine rings is 2. The minimum absolute atomic E-state index is 0. The van der Waals surface area contributed by atoms with Crippen molar-refractivity contribution in [2.45, 2.75) is 39.2 Å². The van der Waals surface area contributed by atoms with Crippen LogP contribution >= 0.6 is 0 Å². The molecule has 0 fully saturated rings. The topological polar surface area (TPSA) is 99.7 Å². The van der Waals surface area contributed by atoms with Crippen molar-refractivity contribution < 1.29 is 38.3 Å². The Morgan fingerprint density at radius 2 is 1.90 bits per heavy atom. The van der Waals surface area contributed by atoms with E-state index >= 15 is 0 Å². The van der Waals surface area contributed by atoms with Gasteiger partial charge in [0.05, 0.1) is 22.7 Å². The second kappa shape index (κ2) is 7.79. The number of carboxylic acid groups (broad SMARTS) is 1. The summed E-state index contributed by atoms with van der Waals surface area (Å²) < 4.78 is 17.4. The molecule has 0 saturated carbocycles. The predicted octanol–water partition coefficient (Wildman–Crippen LogP) is -1.44. The molecular weight excluding hydrogens is 372 g/mol. The maximum Gasteiger partial charge on any atom is 1.00 e. The van der Waals surface area contributed by atoms with E-state index in [0.29, 0.717) is 22.6 Å². The summed E-state index contributed by atoms with van der Waals surface area (Å²) in [6, 6.07) is 2.75. The number of nitrogens with zero attached hydrogens (tertiary/aromatic N) is 3. The Morgan fingerprint density at radius 1 is 1.28 bits per heavy atom. The van der Waals surface area contributed by atoms with Gasteiger partial charge in [-0.3, -0.25) is 9.20 Å². The maximum atomic E-state index is 14.9. The van der Waals surface area contributed by atoms with Gasteiger partial charge >= 0.3 is 18.9 Å². The third-order valence-electron chi connectivity index (χ3n) is 4.63. The van der Waals surface area contributed by atoms with E-state index < -0.39 is 28.5 Å². The first kappa shape index (κ1) is 22.9. The van der Waals surface area contributed by atoms with Gasteiger partial charge in [-0.25, -0.2) is 9.37 Å². The molecule has 9 heteroatoms. The van der Waals surface area contributed by atoms with Crippen LogP contribution in [0.2, 0.25) is 0 Å². The molecule has 0 aliphatic rings. The molecule has 0 saturated heterocycles. The van der Waals surface area contributed by atoms with Crippen LogP contribution in [0.15, 0.2) is 29.3 Å². The summed E-state index contributed by atoms with van der Waals surface area (Å²) in [5.41, 5.74) is -1.20. The number of fused-ring (bicyclic) bond motifs is 1. The minimum Gasteiger partial charge on any atom is -0.545 e. The van der Waals surface area contributed by atoms with E-state index in [0.717, 1.165) is 10.6 Å². The standard InChI is InChI=1S/C20H22FN3O4.Li/c1-10(2)11-6-13(18(26)27)17(25)24-8-14(21)12(7-16(11)24)15-9-23(5)19(22-15)20(3,4)28;/h6-10,28H,1-5H3,(H,26,27);/q;+1/p-1. The first-order valence-corrected chi connectivity index (χ1v) is 8.78. The molecule has 7 nitrogen and oxygen atoms in total. The van der Waals surface area contributed by atoms with Crippen LogP contribution in [0.1, 0.15) is 55.4 Å². The molecule has 0 bridgehead atoms. The Bertz CT molecular complexity index is 1160. The van der Waals surface area contributed by atoms with Crippen LogP contribution in [0.25, 0.3) is 16.8 Å². The van der Waals surface area contributed by atoms with Gasteiger partial charge in [0, 0.05) is 25.0 Å². The van der Waals surface area contributed by atoms with E-state index in [9.17, 15) is 24.2 Å². The van der Waals surface area contributed by atoms with Crippen LogP contribution in [-0.4, -0.2) is 25.0 Å². The van der Waals surface area contributed by atoms with Gasteiger partial charge in [-0.2, -0.15) is 0 Å². The molecule has 0 spiro atoms. The maximum absolute atomic E-state index is 14.9. The van der Waals surface area contributed by atoms with Gasteiger partial charge in [0.1, 0.15) is 17.2 Å². The molecule has 3 aromatic rings. The molecule has 29 heavy (non-hydrogen) atoms. The molecule has 3 heterocycles. The van der Waals surface area contributed by atoms with E-state index in [1.807, 2.05) is 13.8 Å². The number of carbonyl (C=O) groups excluding carboxylic acids is 1. The van der Waals surface area contributed by atoms with E-state index in [1.165, 1.54) is 12.1 Å². The van der Waals surface area contributed by atoms with Gasteiger partial charge < -0.3 is 19.6 Å². The molecule has 148 valence electrons. The molecule has 0 unspecified atom stereocenters. The zero-order valence-electron chi connectivity index (χ0n) is 17.3. The number of carbonyl (C=O) groups is 1. The van der Waals surface area contributed by atoms with Crippen molar-refractivity contribution >= 4 is 11.5 Å². The zero-order valence-corrected chi connectivity index (χ0v) is 17.3. The largest absolute Gasteiger partial charge is 1.00 e. The molecule has 1 N–H and O–H groups in total. The van der Waals surface area contributed by atoms with Crippen LogP contribution in [0.5, 0.6) is 0 Å². The first-order valence-electron chi connectivity index (χ1n) is 8.78. The number of aryl methyl sites for hydroxylation is 1. The summed E-state index contributed by atoms with van der Waals surface area (Å²) in [5.74, 6) is -2.11. The number of aromatic nitrogens is 3. The molecule has 0 aliphatic carbocycles. The fourth-order valence-corrected chi connectivity index (χ4v) is 3.31. The van der Waals surface area contributed by atoms with E-state index in [-0.39, 0.29) is 30.3 Å². The average Bonchev–Trinajstić information content (AvgIpc) is 2.96. The number of hydrogen-bond donors (Lipinski definition) is 1. The zero-order chi connectivity index (χ0) is 21.0. The Balaban J connectivity index is 0.00000300. The van der Waals surface area contributed by atoms with Gasteiger partial charge in [-0.15, -0.1) is 0 Å². The van der Waals surface area contributed by atoms with Crippen molar-refractivity contribution in [1.82, 2.24) is 14.0 Å². The average molecular weight is 393 g/mol. The van der Waals surface area contributed by atoms with Gasteiger partial charge in [-0.05, 0) is 37.5 Å². The summed E-state index contributed by atoms with van der Waals surface area (Å²) in [4.78, 5) is 28.1. The van der Waals surface area contributed by atoms with Crippen molar-refractivity contribution in [3.8, 4) is 11.3 Å². The first-order chi connectivity index (χ1) is 12.9. The number of aliphatic hydroxyl groups is 1. The molecule has 0 aromatic carbocycles. The molecule has 3 rings (SSSR count). The summed E-state index contributed by atoms with van der Waals surface area (Å²) in [7, 11) is 1.69. The fraction of sp³-hybridized carbons (Fsp3) is 0.350. The van der Waals surface area contributed by atoms with Crippen LogP contribution in [-0.2, 0) is 12.6 Å². The number of imidazole rings is 1. The van der Waals surface area contributed by atoms with Crippen LogP contribution < -0.4 is 29.5 Å². The second-order valence-corrected chi connectivity index (χ2v) is 7.67. The number of hydrogen-bond acceptors (Lipinski definition) is 5. The smallest absolute Gasteiger partial charge is 0.545 e. The SMILES string of the molecule is CC(C)c1cc(C(=O)[O-])c(=O)n2cc(F)c(-c3cn(C)c(C(C)(C)O)n3)cc12.[Li+]. The number of aromatic carboxylic acids is 1. The van der Waals surface area contributed by atoms with Crippen LogP contribution in [0.4, 0.5) is 4.39 Å². The van der Waals surface area contributed by atoms with Gasteiger partial charge in [0.15, 0.2) is 0 Å². The van der Waals surface area contributed by atoms with Crippen molar-refractivity contribution in [3.63, 3.8) is 0 Å². The van der Waals surface area contributed by atoms with E-state index in [4.69, 9.17) is 0 Å². The van der Waals surface area contributed by atoms with Crippen molar-refractivity contribution in [2.24, 2.45) is 7.05 Å². The van der Waals surface area contributed by atoms with Crippen molar-refractivity contribution in [3.05, 3.63) is 57.6 Å². The summed E-state index contributed by atoms with van der Waals surface area (Å²) >= 11 is 0. The molecule has 0 amide bonds. The quantitative estimate of drug-likeness (QED) is 0.548. The van der Waals surface area contributed by atoms with E-state index in [2.05, 4.69) is 4.98 Å². The Hall–Kier alpha value is -2.40. The number of carboxylic acids is 1. The number of rotatable bonds is 4. The van der Waals surface area contributed by atoms with Crippen molar-refractivity contribution in [1.29, 1.82) is 0 Å². The monoisotopic (exact) mass is 393 g/mol. The van der Waals surface area contributed by atoms with Crippen LogP contribution in [0, 0.1) is 5.82 Å². The Labute approximate surface area is 179 Å². The second-order valence-electron chi connectivity index (χ2n) is 7.67. The van der Waals surface area contributed by atoms with E-state index in [1.54, 1.807) is 31.7 Å². The fourth-order valence-electron chi connectivity index (χ4n) is 3.31. The Kier molecular flexibility index (Phi) is 6.14. The number of halogens is 1. The third-order valence-corrected chi connectivity index (χ3v) is 4.63. The van der Waals surface area contributed by atoms with Crippen LogP contribution in [0.3, 0.4) is 0 Å². The molecule has 0 atom stereocenters. The minimum atomic E-state index is -1.61. The van der Waals surface area contributed by atoms with Gasteiger partial charge in [-0.1, -0.05) is 13.8 Å². The van der Waals surface area contributed by atoms with Gasteiger partial charge in [0.25, 0.3) is 5.56 Å². The molecule has 3 aromatic heterocycles.